The molecule has 0 spiro atoms. The summed E-state index contributed by atoms with van der Waals surface area (Å²) < 4.78 is 11.3. The second-order valence-corrected chi connectivity index (χ2v) is 7.36. The minimum absolute atomic E-state index is 0.112. The first-order chi connectivity index (χ1) is 16.2. The summed E-state index contributed by atoms with van der Waals surface area (Å²) in [7, 11) is 1.59. The highest BCUT2D eigenvalue weighted by atomic mass is 16.5. The van der Waals surface area contributed by atoms with Gasteiger partial charge in [-0.05, 0) is 40.8 Å². The minimum Gasteiger partial charge on any atom is -0.493 e. The number of hydrazone groups is 1. The molecule has 33 heavy (non-hydrogen) atoms. The zero-order valence-electron chi connectivity index (χ0n) is 18.3. The second-order valence-electron chi connectivity index (χ2n) is 7.36. The predicted octanol–water partition coefficient (Wildman–Crippen LogP) is 4.99. The summed E-state index contributed by atoms with van der Waals surface area (Å²) in [6.07, 6.45) is 1.57. The van der Waals surface area contributed by atoms with Gasteiger partial charge in [-0.2, -0.15) is 5.10 Å². The average molecular weight is 440 g/mol. The van der Waals surface area contributed by atoms with Crippen LogP contribution < -0.4 is 20.2 Å². The number of carbonyl (C=O) groups is 1. The van der Waals surface area contributed by atoms with E-state index in [2.05, 4.69) is 15.8 Å². The molecule has 166 valence electrons. The second kappa shape index (κ2) is 10.8. The molecule has 0 heterocycles. The predicted molar refractivity (Wildman–Crippen MR) is 132 cm³/mol. The molecule has 6 heteroatoms. The van der Waals surface area contributed by atoms with Crippen LogP contribution >= 0.6 is 0 Å². The maximum absolute atomic E-state index is 12.2. The molecule has 0 fully saturated rings. The summed E-state index contributed by atoms with van der Waals surface area (Å²) in [5.41, 5.74) is 5.30. The molecule has 0 saturated carbocycles. The van der Waals surface area contributed by atoms with Gasteiger partial charge in [-0.25, -0.2) is 5.43 Å². The van der Waals surface area contributed by atoms with Crippen molar-refractivity contribution in [2.45, 2.75) is 6.61 Å². The van der Waals surface area contributed by atoms with Gasteiger partial charge in [-0.15, -0.1) is 0 Å². The van der Waals surface area contributed by atoms with Crippen LogP contribution in [0.15, 0.2) is 96.1 Å². The fraction of sp³-hybridized carbons (Fsp3) is 0.111. The van der Waals surface area contributed by atoms with Crippen molar-refractivity contribution in [3.63, 3.8) is 0 Å². The van der Waals surface area contributed by atoms with Crippen LogP contribution in [0.2, 0.25) is 0 Å². The smallest absolute Gasteiger partial charge is 0.259 e. The molecule has 0 saturated heterocycles. The summed E-state index contributed by atoms with van der Waals surface area (Å²) in [4.78, 5) is 12.2. The van der Waals surface area contributed by atoms with Crippen LogP contribution in [0, 0.1) is 0 Å². The zero-order valence-corrected chi connectivity index (χ0v) is 18.3. The van der Waals surface area contributed by atoms with E-state index in [-0.39, 0.29) is 12.5 Å². The Balaban J connectivity index is 1.31. The Morgan fingerprint density at radius 3 is 2.55 bits per heavy atom. The van der Waals surface area contributed by atoms with Crippen molar-refractivity contribution in [1.82, 2.24) is 5.43 Å². The molecule has 6 nitrogen and oxygen atoms in total. The van der Waals surface area contributed by atoms with Gasteiger partial charge in [0.25, 0.3) is 5.91 Å². The van der Waals surface area contributed by atoms with E-state index in [0.717, 1.165) is 27.6 Å². The molecule has 0 unspecified atom stereocenters. The van der Waals surface area contributed by atoms with Crippen molar-refractivity contribution in [2.24, 2.45) is 5.10 Å². The number of carbonyl (C=O) groups excluding carboxylic acids is 1. The van der Waals surface area contributed by atoms with Crippen molar-refractivity contribution in [3.05, 3.63) is 102 Å². The Hall–Kier alpha value is -4.32. The van der Waals surface area contributed by atoms with E-state index in [0.29, 0.717) is 18.1 Å². The Kier molecular flexibility index (Phi) is 7.18. The lowest BCUT2D eigenvalue weighted by Crippen LogP contribution is -2.25. The molecule has 0 atom stereocenters. The Morgan fingerprint density at radius 1 is 0.909 bits per heavy atom. The number of methoxy groups -OCH3 is 1. The molecule has 0 bridgehead atoms. The number of hydrogen-bond donors (Lipinski definition) is 2. The fourth-order valence-corrected chi connectivity index (χ4v) is 3.39. The van der Waals surface area contributed by atoms with E-state index >= 15 is 0 Å². The maximum Gasteiger partial charge on any atom is 0.259 e. The Labute approximate surface area is 192 Å². The van der Waals surface area contributed by atoms with Gasteiger partial charge in [0.1, 0.15) is 6.61 Å². The molecule has 0 aromatic heterocycles. The number of hydrogen-bond acceptors (Lipinski definition) is 5. The van der Waals surface area contributed by atoms with Gasteiger partial charge < -0.3 is 14.8 Å². The Morgan fingerprint density at radius 2 is 1.70 bits per heavy atom. The highest BCUT2D eigenvalue weighted by Crippen LogP contribution is 2.28. The zero-order chi connectivity index (χ0) is 22.9. The maximum atomic E-state index is 12.2. The number of nitrogens with one attached hydrogen (secondary N) is 2. The highest BCUT2D eigenvalue weighted by molar-refractivity contribution is 5.95. The molecular weight excluding hydrogens is 414 g/mol. The molecule has 4 aromatic rings. The van der Waals surface area contributed by atoms with Crippen molar-refractivity contribution < 1.29 is 14.3 Å². The highest BCUT2D eigenvalue weighted by Gasteiger charge is 2.06. The number of rotatable bonds is 9. The van der Waals surface area contributed by atoms with Gasteiger partial charge in [0.05, 0.1) is 19.9 Å². The summed E-state index contributed by atoms with van der Waals surface area (Å²) >= 11 is 0. The molecule has 0 aliphatic rings. The first-order valence-electron chi connectivity index (χ1n) is 10.6. The van der Waals surface area contributed by atoms with Crippen LogP contribution in [0.25, 0.3) is 10.8 Å². The lowest BCUT2D eigenvalue weighted by molar-refractivity contribution is -0.119. The number of benzene rings is 4. The largest absolute Gasteiger partial charge is 0.493 e. The van der Waals surface area contributed by atoms with E-state index in [9.17, 15) is 4.79 Å². The van der Waals surface area contributed by atoms with Crippen molar-refractivity contribution in [3.8, 4) is 11.5 Å². The van der Waals surface area contributed by atoms with Gasteiger partial charge >= 0.3 is 0 Å². The number of amides is 1. The van der Waals surface area contributed by atoms with Crippen LogP contribution in [-0.2, 0) is 11.4 Å². The SMILES string of the molecule is COc1cc(/C=N/NC(=O)CNc2cccc3ccccc23)ccc1OCc1ccccc1. The topological polar surface area (TPSA) is 72.0 Å². The van der Waals surface area contributed by atoms with Crippen molar-refractivity contribution in [2.75, 3.05) is 19.0 Å². The monoisotopic (exact) mass is 439 g/mol. The third-order valence-corrected chi connectivity index (χ3v) is 5.06. The van der Waals surface area contributed by atoms with Crippen LogP contribution in [-0.4, -0.2) is 25.8 Å². The quantitative estimate of drug-likeness (QED) is 0.285. The third kappa shape index (κ3) is 5.89. The summed E-state index contributed by atoms with van der Waals surface area (Å²) in [6.45, 7) is 0.561. The van der Waals surface area contributed by atoms with Gasteiger partial charge in [0.15, 0.2) is 11.5 Å². The first kappa shape index (κ1) is 21.9. The molecule has 0 aliphatic heterocycles. The van der Waals surface area contributed by atoms with E-state index in [1.807, 2.05) is 91.0 Å². The molecular formula is C27H25N3O3. The molecule has 1 amide bonds. The summed E-state index contributed by atoms with van der Waals surface area (Å²) in [6, 6.07) is 29.4. The molecule has 4 rings (SSSR count). The number of ether oxygens (including phenoxy) is 2. The van der Waals surface area contributed by atoms with Gasteiger partial charge in [-0.3, -0.25) is 4.79 Å². The molecule has 0 aliphatic carbocycles. The molecule has 4 aromatic carbocycles. The molecule has 0 radical (unpaired) electrons. The Bertz CT molecular complexity index is 1250. The van der Waals surface area contributed by atoms with Gasteiger partial charge in [-0.1, -0.05) is 66.7 Å². The number of anilines is 1. The van der Waals surface area contributed by atoms with Crippen molar-refractivity contribution in [1.29, 1.82) is 0 Å². The van der Waals surface area contributed by atoms with E-state index in [1.165, 1.54) is 0 Å². The van der Waals surface area contributed by atoms with Gasteiger partial charge in [0, 0.05) is 11.1 Å². The first-order valence-corrected chi connectivity index (χ1v) is 10.6. The normalized spacial score (nSPS) is 10.8. The minimum atomic E-state index is -0.242. The van der Waals surface area contributed by atoms with Gasteiger partial charge in [0.2, 0.25) is 0 Å². The van der Waals surface area contributed by atoms with Crippen molar-refractivity contribution >= 4 is 28.6 Å². The lowest BCUT2D eigenvalue weighted by Gasteiger charge is -2.11. The number of fused-ring (bicyclic) bond motifs is 1. The third-order valence-electron chi connectivity index (χ3n) is 5.06. The van der Waals surface area contributed by atoms with Crippen LogP contribution in [0.5, 0.6) is 11.5 Å². The van der Waals surface area contributed by atoms with E-state index in [1.54, 1.807) is 13.3 Å². The van der Waals surface area contributed by atoms with E-state index in [4.69, 9.17) is 9.47 Å². The van der Waals surface area contributed by atoms with E-state index < -0.39 is 0 Å². The standard InChI is InChI=1S/C27H25N3O3/c1-32-26-16-21(14-15-25(26)33-19-20-8-3-2-4-9-20)17-29-30-27(31)18-28-24-13-7-11-22-10-5-6-12-23(22)24/h2-17,28H,18-19H2,1H3,(H,30,31)/b29-17+. The number of nitrogens with zero attached hydrogens (tertiary/aromatic N) is 1. The van der Waals surface area contributed by atoms with Crippen LogP contribution in [0.4, 0.5) is 5.69 Å². The van der Waals surface area contributed by atoms with Crippen LogP contribution in [0.1, 0.15) is 11.1 Å². The fourth-order valence-electron chi connectivity index (χ4n) is 3.39. The van der Waals surface area contributed by atoms with Crippen LogP contribution in [0.3, 0.4) is 0 Å². The summed E-state index contributed by atoms with van der Waals surface area (Å²) in [5.74, 6) is 0.995. The summed E-state index contributed by atoms with van der Waals surface area (Å²) in [5, 5.41) is 9.41. The average Bonchev–Trinajstić information content (AvgIpc) is 2.87. The molecule has 2 N–H and O–H groups in total. The lowest BCUT2D eigenvalue weighted by atomic mass is 10.1.